The average molecular weight is 298 g/mol. The first-order valence-corrected chi connectivity index (χ1v) is 7.48. The van der Waals surface area contributed by atoms with Gasteiger partial charge in [-0.05, 0) is 37.0 Å². The van der Waals surface area contributed by atoms with Crippen molar-refractivity contribution in [3.63, 3.8) is 0 Å². The van der Waals surface area contributed by atoms with E-state index in [-0.39, 0.29) is 5.91 Å². The molecule has 0 fully saturated rings. The first-order valence-electron chi connectivity index (χ1n) is 7.48. The number of hydrogen-bond donors (Lipinski definition) is 2. The van der Waals surface area contributed by atoms with Crippen LogP contribution in [0.25, 0.3) is 0 Å². The van der Waals surface area contributed by atoms with Gasteiger partial charge in [0.2, 0.25) is 5.95 Å². The molecule has 1 heterocycles. The zero-order valence-electron chi connectivity index (χ0n) is 13.3. The van der Waals surface area contributed by atoms with Crippen LogP contribution in [0.5, 0.6) is 0 Å². The van der Waals surface area contributed by atoms with Gasteiger partial charge >= 0.3 is 0 Å². The fourth-order valence-electron chi connectivity index (χ4n) is 1.94. The molecule has 0 bridgehead atoms. The molecule has 2 aromatic rings. The summed E-state index contributed by atoms with van der Waals surface area (Å²) in [4.78, 5) is 20.3. The van der Waals surface area contributed by atoms with Crippen LogP contribution in [0.15, 0.2) is 36.7 Å². The Morgan fingerprint density at radius 2 is 1.95 bits per heavy atom. The number of carbonyl (C=O) groups excluding carboxylic acids is 1. The van der Waals surface area contributed by atoms with Gasteiger partial charge in [-0.2, -0.15) is 0 Å². The van der Waals surface area contributed by atoms with Crippen molar-refractivity contribution in [1.82, 2.24) is 15.3 Å². The Balaban J connectivity index is 1.93. The second kappa shape index (κ2) is 7.54. The van der Waals surface area contributed by atoms with Crippen molar-refractivity contribution in [2.75, 3.05) is 11.9 Å². The molecule has 0 aliphatic heterocycles. The Kier molecular flexibility index (Phi) is 5.47. The van der Waals surface area contributed by atoms with E-state index in [1.165, 1.54) is 12.4 Å². The van der Waals surface area contributed by atoms with E-state index in [1.807, 2.05) is 31.2 Å². The van der Waals surface area contributed by atoms with Crippen molar-refractivity contribution in [1.29, 1.82) is 0 Å². The number of rotatable bonds is 6. The lowest BCUT2D eigenvalue weighted by Gasteiger charge is -2.08. The quantitative estimate of drug-likeness (QED) is 0.858. The molecular formula is C17H22N4O. The van der Waals surface area contributed by atoms with Crippen molar-refractivity contribution >= 4 is 17.5 Å². The highest BCUT2D eigenvalue weighted by molar-refractivity contribution is 5.93. The van der Waals surface area contributed by atoms with Crippen LogP contribution >= 0.6 is 0 Å². The number of benzene rings is 1. The third kappa shape index (κ3) is 4.84. The molecule has 2 N–H and O–H groups in total. The fourth-order valence-corrected chi connectivity index (χ4v) is 1.94. The van der Waals surface area contributed by atoms with Crippen LogP contribution in [-0.4, -0.2) is 22.4 Å². The summed E-state index contributed by atoms with van der Waals surface area (Å²) in [6.07, 6.45) is 4.03. The number of aromatic nitrogens is 2. The standard InChI is InChI=1S/C17H22N4O/c1-12(2)7-8-18-16(22)14-10-19-17(20-11-14)21-15-6-4-5-13(3)9-15/h4-6,9-12H,7-8H2,1-3H3,(H,18,22)(H,19,20,21). The van der Waals surface area contributed by atoms with Crippen molar-refractivity contribution in [3.05, 3.63) is 47.8 Å². The number of hydrogen-bond acceptors (Lipinski definition) is 4. The third-order valence-electron chi connectivity index (χ3n) is 3.20. The average Bonchev–Trinajstić information content (AvgIpc) is 2.47. The van der Waals surface area contributed by atoms with Crippen LogP contribution in [0.4, 0.5) is 11.6 Å². The van der Waals surface area contributed by atoms with Gasteiger partial charge in [0.05, 0.1) is 5.56 Å². The topological polar surface area (TPSA) is 66.9 Å². The van der Waals surface area contributed by atoms with E-state index >= 15 is 0 Å². The second-order valence-corrected chi connectivity index (χ2v) is 5.73. The second-order valence-electron chi connectivity index (χ2n) is 5.73. The molecule has 0 aliphatic rings. The van der Waals surface area contributed by atoms with E-state index in [1.54, 1.807) is 0 Å². The number of nitrogens with one attached hydrogen (secondary N) is 2. The largest absolute Gasteiger partial charge is 0.352 e. The van der Waals surface area contributed by atoms with E-state index in [4.69, 9.17) is 0 Å². The van der Waals surface area contributed by atoms with Crippen LogP contribution in [0.2, 0.25) is 0 Å². The number of aryl methyl sites for hydroxylation is 1. The predicted molar refractivity (Wildman–Crippen MR) is 88.3 cm³/mol. The molecule has 22 heavy (non-hydrogen) atoms. The summed E-state index contributed by atoms with van der Waals surface area (Å²) in [6.45, 7) is 6.94. The van der Waals surface area contributed by atoms with Crippen molar-refractivity contribution in [3.8, 4) is 0 Å². The van der Waals surface area contributed by atoms with Crippen LogP contribution in [0, 0.1) is 12.8 Å². The van der Waals surface area contributed by atoms with Gasteiger partial charge in [-0.25, -0.2) is 9.97 Å². The summed E-state index contributed by atoms with van der Waals surface area (Å²) in [6, 6.07) is 7.95. The molecule has 5 heteroatoms. The highest BCUT2D eigenvalue weighted by Gasteiger charge is 2.07. The maximum atomic E-state index is 11.9. The summed E-state index contributed by atoms with van der Waals surface area (Å²) in [5.41, 5.74) is 2.55. The monoisotopic (exact) mass is 298 g/mol. The predicted octanol–water partition coefficient (Wildman–Crippen LogP) is 3.30. The molecule has 0 aliphatic carbocycles. The van der Waals surface area contributed by atoms with Crippen molar-refractivity contribution in [2.45, 2.75) is 27.2 Å². The lowest BCUT2D eigenvalue weighted by Crippen LogP contribution is -2.25. The van der Waals surface area contributed by atoms with Gasteiger partial charge in [-0.3, -0.25) is 4.79 Å². The first kappa shape index (κ1) is 15.9. The highest BCUT2D eigenvalue weighted by atomic mass is 16.1. The number of carbonyl (C=O) groups is 1. The number of amides is 1. The maximum absolute atomic E-state index is 11.9. The van der Waals surface area contributed by atoms with Gasteiger partial charge in [-0.1, -0.05) is 26.0 Å². The van der Waals surface area contributed by atoms with E-state index in [0.29, 0.717) is 24.0 Å². The molecule has 1 amide bonds. The minimum absolute atomic E-state index is 0.136. The summed E-state index contributed by atoms with van der Waals surface area (Å²) in [5, 5.41) is 5.98. The van der Waals surface area contributed by atoms with Gasteiger partial charge in [0, 0.05) is 24.6 Å². The number of anilines is 2. The maximum Gasteiger partial charge on any atom is 0.254 e. The van der Waals surface area contributed by atoms with Crippen molar-refractivity contribution in [2.24, 2.45) is 5.92 Å². The van der Waals surface area contributed by atoms with E-state index in [2.05, 4.69) is 34.4 Å². The SMILES string of the molecule is Cc1cccc(Nc2ncc(C(=O)NCCC(C)C)cn2)c1. The van der Waals surface area contributed by atoms with Gasteiger partial charge < -0.3 is 10.6 Å². The summed E-state index contributed by atoms with van der Waals surface area (Å²) in [5.74, 6) is 0.907. The fraction of sp³-hybridized carbons (Fsp3) is 0.353. The Labute approximate surface area is 131 Å². The van der Waals surface area contributed by atoms with Gasteiger partial charge in [-0.15, -0.1) is 0 Å². The molecule has 0 radical (unpaired) electrons. The molecule has 0 atom stereocenters. The summed E-state index contributed by atoms with van der Waals surface area (Å²) < 4.78 is 0. The molecule has 1 aromatic heterocycles. The van der Waals surface area contributed by atoms with Gasteiger partial charge in [0.15, 0.2) is 0 Å². The van der Waals surface area contributed by atoms with Crippen molar-refractivity contribution < 1.29 is 4.79 Å². The highest BCUT2D eigenvalue weighted by Crippen LogP contribution is 2.14. The normalized spacial score (nSPS) is 10.5. The van der Waals surface area contributed by atoms with Crippen LogP contribution in [-0.2, 0) is 0 Å². The Morgan fingerprint density at radius 1 is 1.23 bits per heavy atom. The molecule has 0 saturated carbocycles. The Morgan fingerprint density at radius 3 is 2.59 bits per heavy atom. The molecule has 5 nitrogen and oxygen atoms in total. The van der Waals surface area contributed by atoms with Crippen LogP contribution in [0.1, 0.15) is 36.2 Å². The minimum atomic E-state index is -0.136. The minimum Gasteiger partial charge on any atom is -0.352 e. The van der Waals surface area contributed by atoms with Gasteiger partial charge in [0.1, 0.15) is 0 Å². The summed E-state index contributed by atoms with van der Waals surface area (Å²) in [7, 11) is 0. The molecule has 0 unspecified atom stereocenters. The molecule has 1 aromatic carbocycles. The summed E-state index contributed by atoms with van der Waals surface area (Å²) >= 11 is 0. The number of nitrogens with zero attached hydrogens (tertiary/aromatic N) is 2. The van der Waals surface area contributed by atoms with E-state index in [0.717, 1.165) is 17.7 Å². The third-order valence-corrected chi connectivity index (χ3v) is 3.20. The molecular weight excluding hydrogens is 276 g/mol. The molecule has 2 rings (SSSR count). The zero-order chi connectivity index (χ0) is 15.9. The lowest BCUT2D eigenvalue weighted by atomic mass is 10.1. The Bertz CT molecular complexity index is 623. The molecule has 0 spiro atoms. The molecule has 116 valence electrons. The van der Waals surface area contributed by atoms with Crippen LogP contribution < -0.4 is 10.6 Å². The zero-order valence-corrected chi connectivity index (χ0v) is 13.3. The smallest absolute Gasteiger partial charge is 0.254 e. The first-order chi connectivity index (χ1) is 10.5. The van der Waals surface area contributed by atoms with Crippen LogP contribution in [0.3, 0.4) is 0 Å². The van der Waals surface area contributed by atoms with Gasteiger partial charge in [0.25, 0.3) is 5.91 Å². The molecule has 0 saturated heterocycles. The van der Waals surface area contributed by atoms with E-state index < -0.39 is 0 Å². The Hall–Kier alpha value is -2.43. The van der Waals surface area contributed by atoms with E-state index in [9.17, 15) is 4.79 Å². The lowest BCUT2D eigenvalue weighted by molar-refractivity contribution is 0.0951.